The second-order valence-corrected chi connectivity index (χ2v) is 3.56. The van der Waals surface area contributed by atoms with Gasteiger partial charge in [0.15, 0.2) is 6.10 Å². The van der Waals surface area contributed by atoms with Crippen molar-refractivity contribution >= 4 is 29.2 Å². The quantitative estimate of drug-likeness (QED) is 0.834. The first-order valence-electron chi connectivity index (χ1n) is 4.25. The Morgan fingerprint density at radius 1 is 1.67 bits per heavy atom. The molecule has 1 atom stereocenters. The lowest BCUT2D eigenvalue weighted by atomic mass is 10.3. The topological polar surface area (TPSA) is 59.4 Å². The highest BCUT2D eigenvalue weighted by molar-refractivity contribution is 6.41. The van der Waals surface area contributed by atoms with E-state index in [4.69, 9.17) is 33.0 Å². The molecule has 0 saturated heterocycles. The molecule has 0 spiro atoms. The number of hydrogen-bond donors (Lipinski definition) is 1. The number of pyridine rings is 1. The summed E-state index contributed by atoms with van der Waals surface area (Å²) in [6.45, 7) is 1.71. The number of rotatable bonds is 4. The van der Waals surface area contributed by atoms with Crippen molar-refractivity contribution in [2.45, 2.75) is 19.4 Å². The van der Waals surface area contributed by atoms with Crippen molar-refractivity contribution in [2.24, 2.45) is 0 Å². The molecule has 0 bridgehead atoms. The molecule has 1 heterocycles. The molecule has 15 heavy (non-hydrogen) atoms. The van der Waals surface area contributed by atoms with Crippen LogP contribution in [0.25, 0.3) is 0 Å². The van der Waals surface area contributed by atoms with Gasteiger partial charge in [-0.25, -0.2) is 9.78 Å². The molecule has 1 N–H and O–H groups in total. The van der Waals surface area contributed by atoms with Crippen LogP contribution in [0.4, 0.5) is 0 Å². The van der Waals surface area contributed by atoms with E-state index < -0.39 is 12.1 Å². The van der Waals surface area contributed by atoms with Crippen LogP contribution in [0.5, 0.6) is 5.75 Å². The second-order valence-electron chi connectivity index (χ2n) is 2.80. The number of carboxylic acid groups (broad SMARTS) is 1. The van der Waals surface area contributed by atoms with Gasteiger partial charge in [0, 0.05) is 6.07 Å². The number of nitrogens with zero attached hydrogens (tertiary/aromatic N) is 1. The van der Waals surface area contributed by atoms with Crippen LogP contribution in [0.2, 0.25) is 10.2 Å². The van der Waals surface area contributed by atoms with E-state index >= 15 is 0 Å². The minimum atomic E-state index is -1.02. The largest absolute Gasteiger partial charge is 0.479 e. The van der Waals surface area contributed by atoms with Gasteiger partial charge in [-0.1, -0.05) is 30.1 Å². The van der Waals surface area contributed by atoms with E-state index in [0.717, 1.165) is 0 Å². The molecule has 1 aromatic rings. The van der Waals surface area contributed by atoms with E-state index in [1.54, 1.807) is 6.92 Å². The summed E-state index contributed by atoms with van der Waals surface area (Å²) >= 11 is 11.3. The van der Waals surface area contributed by atoms with Crippen molar-refractivity contribution in [1.82, 2.24) is 4.98 Å². The molecule has 0 radical (unpaired) electrons. The molecule has 0 aliphatic rings. The Kier molecular flexibility index (Phi) is 4.17. The predicted molar refractivity (Wildman–Crippen MR) is 56.6 cm³/mol. The maximum atomic E-state index is 10.7. The Morgan fingerprint density at radius 3 is 2.80 bits per heavy atom. The minimum Gasteiger partial charge on any atom is -0.479 e. The number of carbonyl (C=O) groups is 1. The first-order valence-corrected chi connectivity index (χ1v) is 5.00. The van der Waals surface area contributed by atoms with Gasteiger partial charge in [-0.2, -0.15) is 0 Å². The Morgan fingerprint density at radius 2 is 2.33 bits per heavy atom. The van der Waals surface area contributed by atoms with Crippen LogP contribution in [0.3, 0.4) is 0 Å². The fourth-order valence-corrected chi connectivity index (χ4v) is 1.20. The smallest absolute Gasteiger partial charge is 0.344 e. The van der Waals surface area contributed by atoms with Gasteiger partial charge in [0.2, 0.25) is 0 Å². The third-order valence-corrected chi connectivity index (χ3v) is 2.38. The standard InChI is InChI=1S/C9H9Cl2NO3/c1-2-7(9(13)14)15-5-3-6(10)8(11)12-4-5/h3-4,7H,2H2,1H3,(H,13,14). The van der Waals surface area contributed by atoms with Crippen LogP contribution >= 0.6 is 23.2 Å². The third-order valence-electron chi connectivity index (χ3n) is 1.70. The van der Waals surface area contributed by atoms with Crippen molar-refractivity contribution in [1.29, 1.82) is 0 Å². The fourth-order valence-electron chi connectivity index (χ4n) is 0.941. The lowest BCUT2D eigenvalue weighted by Crippen LogP contribution is -2.25. The van der Waals surface area contributed by atoms with E-state index in [0.29, 0.717) is 12.2 Å². The molecule has 0 amide bonds. The molecule has 82 valence electrons. The highest BCUT2D eigenvalue weighted by atomic mass is 35.5. The molecule has 1 unspecified atom stereocenters. The van der Waals surface area contributed by atoms with Gasteiger partial charge in [0.1, 0.15) is 10.9 Å². The monoisotopic (exact) mass is 249 g/mol. The molecule has 0 fully saturated rings. The Labute approximate surface area is 96.8 Å². The SMILES string of the molecule is CCC(Oc1cnc(Cl)c(Cl)c1)C(=O)O. The molecule has 1 aromatic heterocycles. The minimum absolute atomic E-state index is 0.160. The highest BCUT2D eigenvalue weighted by Gasteiger charge is 2.17. The van der Waals surface area contributed by atoms with Crippen LogP contribution in [0, 0.1) is 0 Å². The molecular formula is C9H9Cl2NO3. The summed E-state index contributed by atoms with van der Waals surface area (Å²) in [6, 6.07) is 1.43. The van der Waals surface area contributed by atoms with Crippen molar-refractivity contribution in [3.8, 4) is 5.75 Å². The average molecular weight is 250 g/mol. The summed E-state index contributed by atoms with van der Waals surface area (Å²) in [7, 11) is 0. The van der Waals surface area contributed by atoms with Crippen molar-refractivity contribution in [3.63, 3.8) is 0 Å². The molecular weight excluding hydrogens is 241 g/mol. The predicted octanol–water partition coefficient (Wildman–Crippen LogP) is 2.63. The number of aromatic nitrogens is 1. The molecule has 0 saturated carbocycles. The van der Waals surface area contributed by atoms with Crippen LogP contribution in [0.1, 0.15) is 13.3 Å². The van der Waals surface area contributed by atoms with Crippen molar-refractivity contribution in [3.05, 3.63) is 22.4 Å². The molecule has 4 nitrogen and oxygen atoms in total. The maximum Gasteiger partial charge on any atom is 0.344 e. The summed E-state index contributed by atoms with van der Waals surface area (Å²) in [4.78, 5) is 14.4. The molecule has 6 heteroatoms. The number of ether oxygens (including phenoxy) is 1. The van der Waals surface area contributed by atoms with E-state index in [-0.39, 0.29) is 10.2 Å². The Bertz CT molecular complexity index is 370. The summed E-state index contributed by atoms with van der Waals surface area (Å²) < 4.78 is 5.16. The van der Waals surface area contributed by atoms with E-state index in [2.05, 4.69) is 4.98 Å². The zero-order chi connectivity index (χ0) is 11.4. The number of aliphatic carboxylic acids is 1. The summed E-state index contributed by atoms with van der Waals surface area (Å²) in [5.74, 6) is -0.734. The van der Waals surface area contributed by atoms with E-state index in [1.807, 2.05) is 0 Å². The van der Waals surface area contributed by atoms with Crippen molar-refractivity contribution in [2.75, 3.05) is 0 Å². The van der Waals surface area contributed by atoms with Gasteiger partial charge in [0.25, 0.3) is 0 Å². The first kappa shape index (κ1) is 12.1. The van der Waals surface area contributed by atoms with Crippen molar-refractivity contribution < 1.29 is 14.6 Å². The molecule has 0 aliphatic heterocycles. The van der Waals surface area contributed by atoms with Crippen LogP contribution in [0.15, 0.2) is 12.3 Å². The maximum absolute atomic E-state index is 10.7. The van der Waals surface area contributed by atoms with Gasteiger partial charge >= 0.3 is 5.97 Å². The lowest BCUT2D eigenvalue weighted by molar-refractivity contribution is -0.145. The lowest BCUT2D eigenvalue weighted by Gasteiger charge is -2.12. The number of carboxylic acids is 1. The van der Waals surface area contributed by atoms with Gasteiger partial charge in [-0.15, -0.1) is 0 Å². The Balaban J connectivity index is 2.80. The molecule has 1 rings (SSSR count). The van der Waals surface area contributed by atoms with Gasteiger partial charge in [-0.05, 0) is 6.42 Å². The van der Waals surface area contributed by atoms with Crippen LogP contribution in [-0.2, 0) is 4.79 Å². The van der Waals surface area contributed by atoms with Gasteiger partial charge in [0.05, 0.1) is 11.2 Å². The van der Waals surface area contributed by atoms with E-state index in [9.17, 15) is 4.79 Å². The van der Waals surface area contributed by atoms with Gasteiger partial charge < -0.3 is 9.84 Å². The van der Waals surface area contributed by atoms with Crippen LogP contribution < -0.4 is 4.74 Å². The zero-order valence-corrected chi connectivity index (χ0v) is 9.42. The number of hydrogen-bond acceptors (Lipinski definition) is 3. The summed E-state index contributed by atoms with van der Waals surface area (Å²) in [6.07, 6.45) is 0.791. The normalized spacial score (nSPS) is 12.2. The number of halogens is 2. The first-order chi connectivity index (χ1) is 7.04. The highest BCUT2D eigenvalue weighted by Crippen LogP contribution is 2.24. The summed E-state index contributed by atoms with van der Waals surface area (Å²) in [5.41, 5.74) is 0. The average Bonchev–Trinajstić information content (AvgIpc) is 2.19. The van der Waals surface area contributed by atoms with Crippen LogP contribution in [-0.4, -0.2) is 22.2 Å². The third kappa shape index (κ3) is 3.25. The Hall–Kier alpha value is -1.00. The second kappa shape index (κ2) is 5.19. The van der Waals surface area contributed by atoms with E-state index in [1.165, 1.54) is 12.3 Å². The summed E-state index contributed by atoms with van der Waals surface area (Å²) in [5, 5.41) is 9.14. The molecule has 0 aromatic carbocycles. The fraction of sp³-hybridized carbons (Fsp3) is 0.333. The molecule has 0 aliphatic carbocycles. The van der Waals surface area contributed by atoms with Gasteiger partial charge in [-0.3, -0.25) is 0 Å². The zero-order valence-electron chi connectivity index (χ0n) is 7.91.